The minimum absolute atomic E-state index is 0.292. The third kappa shape index (κ3) is 4.06. The van der Waals surface area contributed by atoms with Gasteiger partial charge in [0.05, 0.1) is 0 Å². The highest BCUT2D eigenvalue weighted by molar-refractivity contribution is 9.10. The third-order valence-electron chi connectivity index (χ3n) is 2.92. The molecule has 0 fully saturated rings. The van der Waals surface area contributed by atoms with Gasteiger partial charge in [0, 0.05) is 18.1 Å². The van der Waals surface area contributed by atoms with E-state index in [0.29, 0.717) is 21.8 Å². The second-order valence-electron chi connectivity index (χ2n) is 4.54. The zero-order chi connectivity index (χ0) is 15.5. The van der Waals surface area contributed by atoms with Crippen molar-refractivity contribution in [2.24, 2.45) is 0 Å². The number of hydrogen-bond acceptors (Lipinski definition) is 4. The normalized spacial score (nSPS) is 11.8. The van der Waals surface area contributed by atoms with E-state index in [0.717, 1.165) is 11.3 Å². The molecule has 7 heteroatoms. The molecule has 4 nitrogen and oxygen atoms in total. The highest BCUT2D eigenvalue weighted by Gasteiger charge is 2.24. The Morgan fingerprint density at radius 1 is 1.24 bits per heavy atom. The number of hydrogen-bond donors (Lipinski definition) is 0. The van der Waals surface area contributed by atoms with Gasteiger partial charge in [-0.3, -0.25) is 0 Å². The number of nitrogens with zero attached hydrogens (tertiary/aromatic N) is 1. The quantitative estimate of drug-likeness (QED) is 0.758. The number of sulfonamides is 1. The van der Waals surface area contributed by atoms with Crippen LogP contribution in [-0.2, 0) is 10.0 Å². The standard InChI is InChI=1S/C14H16BrNO3S2/c1-11-3-5-12(6-4-11)19-9-8-16(2)21(17,18)14-13(15)7-10-20-14/h3-7,10H,8-9H2,1-2H3. The van der Waals surface area contributed by atoms with Crippen LogP contribution in [0.25, 0.3) is 0 Å². The molecule has 0 amide bonds. The van der Waals surface area contributed by atoms with Crippen molar-refractivity contribution in [3.05, 3.63) is 45.7 Å². The minimum Gasteiger partial charge on any atom is -0.492 e. The summed E-state index contributed by atoms with van der Waals surface area (Å²) in [5.74, 6) is 0.740. The van der Waals surface area contributed by atoms with Crippen molar-refractivity contribution >= 4 is 37.3 Å². The van der Waals surface area contributed by atoms with Crippen LogP contribution in [0.3, 0.4) is 0 Å². The Hall–Kier alpha value is -0.890. The fourth-order valence-electron chi connectivity index (χ4n) is 1.65. The molecule has 114 valence electrons. The van der Waals surface area contributed by atoms with Crippen LogP contribution in [0, 0.1) is 6.92 Å². The number of aryl methyl sites for hydroxylation is 1. The summed E-state index contributed by atoms with van der Waals surface area (Å²) in [6, 6.07) is 9.39. The molecule has 1 aromatic heterocycles. The smallest absolute Gasteiger partial charge is 0.253 e. The second-order valence-corrected chi connectivity index (χ2v) is 8.55. The van der Waals surface area contributed by atoms with Crippen LogP contribution >= 0.6 is 27.3 Å². The first-order valence-electron chi connectivity index (χ1n) is 6.30. The lowest BCUT2D eigenvalue weighted by molar-refractivity contribution is 0.287. The van der Waals surface area contributed by atoms with Crippen LogP contribution in [0.1, 0.15) is 5.56 Å². The van der Waals surface area contributed by atoms with Gasteiger partial charge in [-0.15, -0.1) is 11.3 Å². The molecule has 0 N–H and O–H groups in total. The number of rotatable bonds is 6. The first-order chi connectivity index (χ1) is 9.91. The van der Waals surface area contributed by atoms with Gasteiger partial charge in [0.2, 0.25) is 0 Å². The molecule has 2 rings (SSSR count). The molecule has 0 bridgehead atoms. The molecule has 2 aromatic rings. The Balaban J connectivity index is 1.94. The average Bonchev–Trinajstić information content (AvgIpc) is 2.88. The number of benzene rings is 1. The zero-order valence-corrected chi connectivity index (χ0v) is 15.0. The Morgan fingerprint density at radius 3 is 2.48 bits per heavy atom. The van der Waals surface area contributed by atoms with Gasteiger partial charge in [-0.25, -0.2) is 8.42 Å². The largest absolute Gasteiger partial charge is 0.492 e. The molecule has 0 aliphatic rings. The Morgan fingerprint density at radius 2 is 1.90 bits per heavy atom. The summed E-state index contributed by atoms with van der Waals surface area (Å²) < 4.78 is 32.5. The van der Waals surface area contributed by atoms with Gasteiger partial charge in [0.15, 0.2) is 0 Å². The van der Waals surface area contributed by atoms with Crippen LogP contribution in [0.15, 0.2) is 44.4 Å². The van der Waals surface area contributed by atoms with Crippen LogP contribution in [-0.4, -0.2) is 32.9 Å². The lowest BCUT2D eigenvalue weighted by Gasteiger charge is -2.16. The first kappa shape index (κ1) is 16.5. The van der Waals surface area contributed by atoms with Crippen molar-refractivity contribution in [3.63, 3.8) is 0 Å². The molecule has 0 unspecified atom stereocenters. The number of thiophene rings is 1. The highest BCUT2D eigenvalue weighted by Crippen LogP contribution is 2.29. The summed E-state index contributed by atoms with van der Waals surface area (Å²) in [6.45, 7) is 2.60. The van der Waals surface area contributed by atoms with Crippen molar-refractivity contribution in [2.75, 3.05) is 20.2 Å². The molecule has 0 radical (unpaired) electrons. The molecule has 0 saturated heterocycles. The topological polar surface area (TPSA) is 46.6 Å². The predicted octanol–water partition coefficient (Wildman–Crippen LogP) is 3.52. The summed E-state index contributed by atoms with van der Waals surface area (Å²) in [5.41, 5.74) is 1.16. The molecule has 0 aliphatic heterocycles. The van der Waals surface area contributed by atoms with Gasteiger partial charge in [-0.05, 0) is 46.4 Å². The van der Waals surface area contributed by atoms with E-state index < -0.39 is 10.0 Å². The van der Waals surface area contributed by atoms with Crippen molar-refractivity contribution in [2.45, 2.75) is 11.1 Å². The SMILES string of the molecule is Cc1ccc(OCCN(C)S(=O)(=O)c2sccc2Br)cc1. The van der Waals surface area contributed by atoms with Gasteiger partial charge in [-0.2, -0.15) is 4.31 Å². The van der Waals surface area contributed by atoms with E-state index in [9.17, 15) is 8.42 Å². The molecule has 0 saturated carbocycles. The molecule has 1 heterocycles. The van der Waals surface area contributed by atoms with Crippen molar-refractivity contribution in [3.8, 4) is 5.75 Å². The van der Waals surface area contributed by atoms with Crippen LogP contribution in [0.2, 0.25) is 0 Å². The molecule has 1 aromatic carbocycles. The van der Waals surface area contributed by atoms with Gasteiger partial charge in [-0.1, -0.05) is 17.7 Å². The van der Waals surface area contributed by atoms with E-state index >= 15 is 0 Å². The summed E-state index contributed by atoms with van der Waals surface area (Å²) in [6.07, 6.45) is 0. The molecular weight excluding hydrogens is 374 g/mol. The maximum atomic E-state index is 12.4. The maximum Gasteiger partial charge on any atom is 0.253 e. The van der Waals surface area contributed by atoms with Gasteiger partial charge in [0.1, 0.15) is 16.6 Å². The second kappa shape index (κ2) is 6.91. The Kier molecular flexibility index (Phi) is 5.43. The van der Waals surface area contributed by atoms with Gasteiger partial charge < -0.3 is 4.74 Å². The van der Waals surface area contributed by atoms with Gasteiger partial charge in [0.25, 0.3) is 10.0 Å². The maximum absolute atomic E-state index is 12.4. The summed E-state index contributed by atoms with van der Waals surface area (Å²) in [5, 5.41) is 1.74. The van der Waals surface area contributed by atoms with Crippen LogP contribution in [0.4, 0.5) is 0 Å². The van der Waals surface area contributed by atoms with E-state index in [1.807, 2.05) is 31.2 Å². The summed E-state index contributed by atoms with van der Waals surface area (Å²) >= 11 is 4.45. The van der Waals surface area contributed by atoms with Crippen molar-refractivity contribution in [1.82, 2.24) is 4.31 Å². The van der Waals surface area contributed by atoms with Crippen molar-refractivity contribution in [1.29, 1.82) is 0 Å². The Bertz CT molecular complexity index is 695. The van der Waals surface area contributed by atoms with E-state index in [1.54, 1.807) is 18.5 Å². The van der Waals surface area contributed by atoms with Gasteiger partial charge >= 0.3 is 0 Å². The highest BCUT2D eigenvalue weighted by atomic mass is 79.9. The minimum atomic E-state index is -3.46. The number of ether oxygens (including phenoxy) is 1. The molecule has 0 aliphatic carbocycles. The fraction of sp³-hybridized carbons (Fsp3) is 0.286. The van der Waals surface area contributed by atoms with E-state index in [2.05, 4.69) is 15.9 Å². The fourth-order valence-corrected chi connectivity index (χ4v) is 5.31. The molecule has 0 atom stereocenters. The predicted molar refractivity (Wildman–Crippen MR) is 88.5 cm³/mol. The number of halogens is 1. The third-order valence-corrected chi connectivity index (χ3v) is 7.43. The first-order valence-corrected chi connectivity index (χ1v) is 9.41. The van der Waals surface area contributed by atoms with Crippen LogP contribution < -0.4 is 4.74 Å². The van der Waals surface area contributed by atoms with Crippen molar-refractivity contribution < 1.29 is 13.2 Å². The van der Waals surface area contributed by atoms with E-state index in [-0.39, 0.29) is 0 Å². The molecular formula is C14H16BrNO3S2. The summed E-state index contributed by atoms with van der Waals surface area (Å²) in [4.78, 5) is 0. The zero-order valence-electron chi connectivity index (χ0n) is 11.7. The lowest BCUT2D eigenvalue weighted by Crippen LogP contribution is -2.30. The van der Waals surface area contributed by atoms with Crippen LogP contribution in [0.5, 0.6) is 5.75 Å². The van der Waals surface area contributed by atoms with E-state index in [4.69, 9.17) is 4.74 Å². The Labute approximate surface area is 137 Å². The monoisotopic (exact) mass is 389 g/mol. The average molecular weight is 390 g/mol. The molecule has 0 spiro atoms. The van der Waals surface area contributed by atoms with E-state index in [1.165, 1.54) is 15.6 Å². The summed E-state index contributed by atoms with van der Waals surface area (Å²) in [7, 11) is -1.91. The number of likely N-dealkylation sites (N-methyl/N-ethyl adjacent to an activating group) is 1. The lowest BCUT2D eigenvalue weighted by atomic mass is 10.2. The molecule has 21 heavy (non-hydrogen) atoms.